The Labute approximate surface area is 122 Å². The fourth-order valence-corrected chi connectivity index (χ4v) is 2.66. The maximum absolute atomic E-state index is 12.2. The molecular weight excluding hydrogens is 256 g/mol. The van der Waals surface area contributed by atoms with Gasteiger partial charge in [0.25, 0.3) is 0 Å². The summed E-state index contributed by atoms with van der Waals surface area (Å²) in [6.07, 6.45) is 3.99. The highest BCUT2D eigenvalue weighted by atomic mass is 16.5. The molecule has 0 spiro atoms. The molecule has 0 aliphatic heterocycles. The molecule has 1 amide bonds. The van der Waals surface area contributed by atoms with Gasteiger partial charge in [0.05, 0.1) is 18.8 Å². The van der Waals surface area contributed by atoms with Crippen molar-refractivity contribution in [3.05, 3.63) is 0 Å². The molecule has 0 heterocycles. The van der Waals surface area contributed by atoms with Crippen molar-refractivity contribution in [2.75, 3.05) is 27.3 Å². The summed E-state index contributed by atoms with van der Waals surface area (Å²) in [5.74, 6) is 0.837. The molecule has 0 bridgehead atoms. The van der Waals surface area contributed by atoms with E-state index in [1.54, 1.807) is 7.11 Å². The summed E-state index contributed by atoms with van der Waals surface area (Å²) in [6, 6.07) is 0.0827. The van der Waals surface area contributed by atoms with E-state index >= 15 is 0 Å². The van der Waals surface area contributed by atoms with E-state index in [1.807, 2.05) is 18.9 Å². The van der Waals surface area contributed by atoms with Crippen LogP contribution in [0.3, 0.4) is 0 Å². The van der Waals surface area contributed by atoms with Crippen molar-refractivity contribution in [1.82, 2.24) is 10.2 Å². The number of hydrogen-bond acceptors (Lipinski definition) is 4. The second kappa shape index (κ2) is 8.60. The minimum absolute atomic E-state index is 0.0525. The van der Waals surface area contributed by atoms with Gasteiger partial charge in [-0.05, 0) is 45.6 Å². The van der Waals surface area contributed by atoms with Crippen LogP contribution in [0.5, 0.6) is 0 Å². The van der Waals surface area contributed by atoms with Gasteiger partial charge in [0.15, 0.2) is 0 Å². The summed E-state index contributed by atoms with van der Waals surface area (Å²) in [7, 11) is 3.41. The first-order chi connectivity index (χ1) is 9.43. The molecule has 5 nitrogen and oxygen atoms in total. The molecule has 1 fully saturated rings. The highest BCUT2D eigenvalue weighted by molar-refractivity contribution is 5.81. The maximum Gasteiger partial charge on any atom is 0.237 e. The van der Waals surface area contributed by atoms with Crippen LogP contribution < -0.4 is 5.32 Å². The molecular formula is C15H30N2O3. The summed E-state index contributed by atoms with van der Waals surface area (Å²) >= 11 is 0. The van der Waals surface area contributed by atoms with E-state index in [-0.39, 0.29) is 11.9 Å². The Morgan fingerprint density at radius 3 is 2.55 bits per heavy atom. The van der Waals surface area contributed by atoms with Gasteiger partial charge in [-0.1, -0.05) is 6.92 Å². The van der Waals surface area contributed by atoms with Crippen LogP contribution in [0.2, 0.25) is 0 Å². The van der Waals surface area contributed by atoms with Crippen molar-refractivity contribution in [2.45, 2.75) is 57.7 Å². The van der Waals surface area contributed by atoms with Crippen molar-refractivity contribution in [2.24, 2.45) is 5.92 Å². The van der Waals surface area contributed by atoms with Crippen LogP contribution in [0.4, 0.5) is 0 Å². The molecule has 20 heavy (non-hydrogen) atoms. The van der Waals surface area contributed by atoms with Crippen molar-refractivity contribution >= 4 is 5.91 Å². The van der Waals surface area contributed by atoms with Crippen molar-refractivity contribution in [3.8, 4) is 0 Å². The van der Waals surface area contributed by atoms with E-state index < -0.39 is 6.10 Å². The van der Waals surface area contributed by atoms with Gasteiger partial charge in [-0.3, -0.25) is 9.69 Å². The Balaban J connectivity index is 2.34. The Kier molecular flexibility index (Phi) is 7.48. The van der Waals surface area contributed by atoms with E-state index in [1.165, 1.54) is 12.8 Å². The molecule has 0 saturated heterocycles. The van der Waals surface area contributed by atoms with E-state index in [9.17, 15) is 9.90 Å². The first-order valence-electron chi connectivity index (χ1n) is 7.61. The first-order valence-corrected chi connectivity index (χ1v) is 7.61. The average Bonchev–Trinajstić information content (AvgIpc) is 2.40. The monoisotopic (exact) mass is 286 g/mol. The third-order valence-electron chi connectivity index (χ3n) is 4.26. The maximum atomic E-state index is 12.2. The van der Waals surface area contributed by atoms with Gasteiger partial charge in [0.2, 0.25) is 5.91 Å². The van der Waals surface area contributed by atoms with Gasteiger partial charge in [-0.25, -0.2) is 0 Å². The summed E-state index contributed by atoms with van der Waals surface area (Å²) in [6.45, 7) is 4.87. The number of ether oxygens (including phenoxy) is 1. The summed E-state index contributed by atoms with van der Waals surface area (Å²) < 4.78 is 4.90. The van der Waals surface area contributed by atoms with Crippen LogP contribution >= 0.6 is 0 Å². The van der Waals surface area contributed by atoms with Gasteiger partial charge in [-0.2, -0.15) is 0 Å². The lowest BCUT2D eigenvalue weighted by Gasteiger charge is -2.30. The third-order valence-corrected chi connectivity index (χ3v) is 4.26. The number of carbonyl (C=O) groups excluding carboxylic acids is 1. The third kappa shape index (κ3) is 5.77. The van der Waals surface area contributed by atoms with Crippen LogP contribution in [-0.2, 0) is 9.53 Å². The predicted molar refractivity (Wildman–Crippen MR) is 79.5 cm³/mol. The van der Waals surface area contributed by atoms with Gasteiger partial charge in [0.1, 0.15) is 0 Å². The molecule has 0 aromatic heterocycles. The molecule has 1 rings (SSSR count). The van der Waals surface area contributed by atoms with Gasteiger partial charge >= 0.3 is 0 Å². The smallest absolute Gasteiger partial charge is 0.237 e. The average molecular weight is 286 g/mol. The van der Waals surface area contributed by atoms with Crippen molar-refractivity contribution in [3.63, 3.8) is 0 Å². The number of nitrogens with zero attached hydrogens (tertiary/aromatic N) is 1. The zero-order valence-electron chi connectivity index (χ0n) is 13.3. The second-order valence-electron chi connectivity index (χ2n) is 6.19. The number of methoxy groups -OCH3 is 1. The number of hydrogen-bond donors (Lipinski definition) is 2. The minimum Gasteiger partial charge on any atom is -0.389 e. The number of rotatable bonds is 7. The van der Waals surface area contributed by atoms with E-state index in [2.05, 4.69) is 12.2 Å². The van der Waals surface area contributed by atoms with Crippen molar-refractivity contribution in [1.29, 1.82) is 0 Å². The normalized spacial score (nSPS) is 26.3. The Hall–Kier alpha value is -0.650. The lowest BCUT2D eigenvalue weighted by atomic mass is 9.87. The van der Waals surface area contributed by atoms with Crippen LogP contribution in [0.25, 0.3) is 0 Å². The molecule has 1 aliphatic rings. The largest absolute Gasteiger partial charge is 0.389 e. The molecule has 1 aliphatic carbocycles. The number of amides is 1. The zero-order chi connectivity index (χ0) is 15.1. The number of carbonyl (C=O) groups is 1. The summed E-state index contributed by atoms with van der Waals surface area (Å²) in [4.78, 5) is 14.1. The summed E-state index contributed by atoms with van der Waals surface area (Å²) in [5.41, 5.74) is 0. The van der Waals surface area contributed by atoms with E-state index in [0.717, 1.165) is 18.8 Å². The Bertz CT molecular complexity index is 291. The SMILES string of the molecule is COC[C@@H](O)CN(C)[C@@H](C)C(=O)NC1CCC(C)CC1. The van der Waals surface area contributed by atoms with E-state index in [0.29, 0.717) is 19.2 Å². The van der Waals surface area contributed by atoms with Crippen LogP contribution in [0.1, 0.15) is 39.5 Å². The highest BCUT2D eigenvalue weighted by Gasteiger charge is 2.24. The second-order valence-corrected chi connectivity index (χ2v) is 6.19. The minimum atomic E-state index is -0.559. The van der Waals surface area contributed by atoms with Gasteiger partial charge < -0.3 is 15.2 Å². The van der Waals surface area contributed by atoms with Gasteiger partial charge in [0, 0.05) is 19.7 Å². The highest BCUT2D eigenvalue weighted by Crippen LogP contribution is 2.23. The van der Waals surface area contributed by atoms with Crippen molar-refractivity contribution < 1.29 is 14.6 Å². The number of nitrogens with one attached hydrogen (secondary N) is 1. The van der Waals surface area contributed by atoms with E-state index in [4.69, 9.17) is 4.74 Å². The zero-order valence-corrected chi connectivity index (χ0v) is 13.3. The van der Waals surface area contributed by atoms with Crippen LogP contribution in [0, 0.1) is 5.92 Å². The first kappa shape index (κ1) is 17.4. The lowest BCUT2D eigenvalue weighted by Crippen LogP contribution is -2.49. The standard InChI is InChI=1S/C15H30N2O3/c1-11-5-7-13(8-6-11)16-15(19)12(2)17(3)9-14(18)10-20-4/h11-14,18H,5-10H2,1-4H3,(H,16,19)/t11?,12-,13?,14-/m0/s1. The topological polar surface area (TPSA) is 61.8 Å². The fraction of sp³-hybridized carbons (Fsp3) is 0.933. The fourth-order valence-electron chi connectivity index (χ4n) is 2.66. The number of likely N-dealkylation sites (N-methyl/N-ethyl adjacent to an activating group) is 1. The number of aliphatic hydroxyl groups is 1. The Morgan fingerprint density at radius 2 is 2.00 bits per heavy atom. The molecule has 5 heteroatoms. The molecule has 2 atom stereocenters. The summed E-state index contributed by atoms with van der Waals surface area (Å²) in [5, 5.41) is 12.8. The number of aliphatic hydroxyl groups excluding tert-OH is 1. The van der Waals surface area contributed by atoms with Crippen LogP contribution in [-0.4, -0.2) is 61.4 Å². The molecule has 1 saturated carbocycles. The molecule has 0 radical (unpaired) electrons. The lowest BCUT2D eigenvalue weighted by molar-refractivity contribution is -0.127. The molecule has 2 N–H and O–H groups in total. The predicted octanol–water partition coefficient (Wildman–Crippen LogP) is 1.01. The van der Waals surface area contributed by atoms with Gasteiger partial charge in [-0.15, -0.1) is 0 Å². The van der Waals surface area contributed by atoms with Crippen LogP contribution in [0.15, 0.2) is 0 Å². The Morgan fingerprint density at radius 1 is 1.40 bits per heavy atom. The quantitative estimate of drug-likeness (QED) is 0.733. The molecule has 0 unspecified atom stereocenters. The molecule has 118 valence electrons. The molecule has 0 aromatic rings. The molecule has 0 aromatic carbocycles.